The van der Waals surface area contributed by atoms with Gasteiger partial charge in [0.1, 0.15) is 5.69 Å². The van der Waals surface area contributed by atoms with Crippen LogP contribution in [0.25, 0.3) is 0 Å². The van der Waals surface area contributed by atoms with E-state index >= 15 is 0 Å². The fourth-order valence-electron chi connectivity index (χ4n) is 3.44. The first kappa shape index (κ1) is 18.2. The molecular weight excluding hydrogens is 380 g/mol. The highest BCUT2D eigenvalue weighted by atomic mass is 32.2. The van der Waals surface area contributed by atoms with Gasteiger partial charge in [-0.05, 0) is 43.0 Å². The van der Waals surface area contributed by atoms with E-state index < -0.39 is 14.9 Å². The number of hydrazone groups is 1. The number of hydrogen-bond acceptors (Lipinski definition) is 6. The minimum Gasteiger partial charge on any atom is -0.280 e. The summed E-state index contributed by atoms with van der Waals surface area (Å²) in [6.45, 7) is 0. The smallest absolute Gasteiger partial charge is 0.280 e. The fourth-order valence-corrected chi connectivity index (χ4v) is 4.52. The molecule has 1 saturated carbocycles. The molecule has 2 aromatic carbocycles. The highest BCUT2D eigenvalue weighted by molar-refractivity contribution is 7.92. The van der Waals surface area contributed by atoms with Gasteiger partial charge in [0.2, 0.25) is 0 Å². The van der Waals surface area contributed by atoms with E-state index in [4.69, 9.17) is 0 Å². The number of benzene rings is 2. The van der Waals surface area contributed by atoms with E-state index in [1.165, 1.54) is 12.1 Å². The lowest BCUT2D eigenvalue weighted by Gasteiger charge is -2.31. The van der Waals surface area contributed by atoms with Crippen LogP contribution in [0.3, 0.4) is 0 Å². The van der Waals surface area contributed by atoms with Crippen LogP contribution < -0.4 is 10.1 Å². The van der Waals surface area contributed by atoms with Crippen LogP contribution >= 0.6 is 0 Å². The topological polar surface area (TPSA) is 114 Å². The van der Waals surface area contributed by atoms with E-state index in [0.29, 0.717) is 17.5 Å². The van der Waals surface area contributed by atoms with Crippen molar-refractivity contribution >= 4 is 32.8 Å². The molecule has 2 aromatic rings. The molecule has 144 valence electrons. The Morgan fingerprint density at radius 1 is 1.14 bits per heavy atom. The van der Waals surface area contributed by atoms with Crippen LogP contribution in [-0.2, 0) is 10.0 Å². The average molecular weight is 398 g/mol. The van der Waals surface area contributed by atoms with Crippen molar-refractivity contribution in [3.8, 4) is 0 Å². The summed E-state index contributed by atoms with van der Waals surface area (Å²) in [6.07, 6.45) is 6.14. The number of hydrogen-bond donors (Lipinski definition) is 2. The molecule has 2 aliphatic carbocycles. The molecule has 2 N–H and O–H groups in total. The highest BCUT2D eigenvalue weighted by Gasteiger charge is 2.38. The van der Waals surface area contributed by atoms with E-state index in [2.05, 4.69) is 27.4 Å². The van der Waals surface area contributed by atoms with Gasteiger partial charge in [-0.1, -0.05) is 30.4 Å². The molecule has 0 aliphatic heterocycles. The van der Waals surface area contributed by atoms with Crippen molar-refractivity contribution in [3.63, 3.8) is 0 Å². The largest absolute Gasteiger partial charge is 0.295 e. The monoisotopic (exact) mass is 398 g/mol. The molecule has 1 fully saturated rings. The van der Waals surface area contributed by atoms with Crippen LogP contribution in [0.2, 0.25) is 0 Å². The molecule has 0 unspecified atom stereocenters. The summed E-state index contributed by atoms with van der Waals surface area (Å²) in [7, 11) is -3.95. The molecule has 0 bridgehead atoms. The van der Waals surface area contributed by atoms with Gasteiger partial charge in [-0.3, -0.25) is 20.3 Å². The van der Waals surface area contributed by atoms with Crippen LogP contribution in [0.1, 0.15) is 12.8 Å². The normalized spacial score (nSPS) is 21.8. The van der Waals surface area contributed by atoms with Crippen LogP contribution in [-0.4, -0.2) is 19.1 Å². The Hall–Kier alpha value is -3.20. The minimum atomic E-state index is -3.95. The highest BCUT2D eigenvalue weighted by Crippen LogP contribution is 2.40. The van der Waals surface area contributed by atoms with Gasteiger partial charge in [0.25, 0.3) is 15.7 Å². The van der Waals surface area contributed by atoms with Gasteiger partial charge in [-0.25, -0.2) is 8.42 Å². The molecule has 8 nitrogen and oxygen atoms in total. The number of fused-ring (bicyclic) bond motifs is 1. The first-order valence-electron chi connectivity index (χ1n) is 8.79. The van der Waals surface area contributed by atoms with Crippen molar-refractivity contribution in [2.24, 2.45) is 16.9 Å². The molecule has 9 heteroatoms. The zero-order valence-electron chi connectivity index (χ0n) is 14.8. The van der Waals surface area contributed by atoms with Crippen molar-refractivity contribution in [2.75, 3.05) is 10.1 Å². The minimum absolute atomic E-state index is 0.154. The van der Waals surface area contributed by atoms with E-state index in [1.54, 1.807) is 30.3 Å². The molecule has 2 atom stereocenters. The maximum atomic E-state index is 12.5. The third kappa shape index (κ3) is 3.48. The molecule has 0 saturated heterocycles. The number of nitrogens with zero attached hydrogens (tertiary/aromatic N) is 2. The predicted octanol–water partition coefficient (Wildman–Crippen LogP) is 3.76. The Balaban J connectivity index is 1.57. The Morgan fingerprint density at radius 2 is 1.93 bits per heavy atom. The van der Waals surface area contributed by atoms with E-state index in [-0.39, 0.29) is 16.3 Å². The number of sulfonamides is 1. The maximum Gasteiger partial charge on any atom is 0.295 e. The molecule has 0 amide bonds. The molecule has 28 heavy (non-hydrogen) atoms. The van der Waals surface area contributed by atoms with Crippen LogP contribution in [0.4, 0.5) is 17.1 Å². The van der Waals surface area contributed by atoms with Crippen molar-refractivity contribution in [1.29, 1.82) is 0 Å². The molecule has 0 spiro atoms. The van der Waals surface area contributed by atoms with Gasteiger partial charge < -0.3 is 0 Å². The Labute approximate surface area is 162 Å². The fraction of sp³-hybridized carbons (Fsp3) is 0.211. The third-order valence-electron chi connectivity index (χ3n) is 4.97. The van der Waals surface area contributed by atoms with Crippen LogP contribution in [0.15, 0.2) is 70.7 Å². The molecule has 4 rings (SSSR count). The SMILES string of the molecule is O=[N+]([O-])c1cc(S(=O)(=O)Nc2ccccc2)ccc1N/N=C1/C[C@@H]2CC=C[C@H]12. The average Bonchev–Trinajstić information content (AvgIpc) is 3.03. The van der Waals surface area contributed by atoms with Gasteiger partial charge in [-0.15, -0.1) is 0 Å². The molecule has 0 aromatic heterocycles. The van der Waals surface area contributed by atoms with Crippen molar-refractivity contribution < 1.29 is 13.3 Å². The van der Waals surface area contributed by atoms with Gasteiger partial charge in [0.05, 0.1) is 9.82 Å². The lowest BCUT2D eigenvalue weighted by Crippen LogP contribution is -2.33. The summed E-state index contributed by atoms with van der Waals surface area (Å²) < 4.78 is 27.5. The summed E-state index contributed by atoms with van der Waals surface area (Å²) in [5.41, 5.74) is 3.87. The molecule has 0 heterocycles. The summed E-state index contributed by atoms with van der Waals surface area (Å²) in [6, 6.07) is 12.1. The van der Waals surface area contributed by atoms with Crippen LogP contribution in [0, 0.1) is 22.0 Å². The zero-order valence-corrected chi connectivity index (χ0v) is 15.6. The van der Waals surface area contributed by atoms with Gasteiger partial charge in [-0.2, -0.15) is 5.10 Å². The first-order chi connectivity index (χ1) is 13.4. The third-order valence-corrected chi connectivity index (χ3v) is 6.35. The summed E-state index contributed by atoms with van der Waals surface area (Å²) in [5.74, 6) is 0.897. The Bertz CT molecular complexity index is 1080. The van der Waals surface area contributed by atoms with Crippen molar-refractivity contribution in [3.05, 3.63) is 70.8 Å². The Morgan fingerprint density at radius 3 is 2.64 bits per heavy atom. The lowest BCUT2D eigenvalue weighted by molar-refractivity contribution is -0.384. The van der Waals surface area contributed by atoms with Crippen molar-refractivity contribution in [1.82, 2.24) is 0 Å². The molecule has 2 aliphatic rings. The summed E-state index contributed by atoms with van der Waals surface area (Å²) in [5, 5.41) is 15.8. The van der Waals surface area contributed by atoms with Gasteiger partial charge in [0.15, 0.2) is 0 Å². The second kappa shape index (κ2) is 7.08. The zero-order chi connectivity index (χ0) is 19.7. The lowest BCUT2D eigenvalue weighted by atomic mass is 9.74. The summed E-state index contributed by atoms with van der Waals surface area (Å²) in [4.78, 5) is 10.6. The predicted molar refractivity (Wildman–Crippen MR) is 107 cm³/mol. The number of allylic oxidation sites excluding steroid dienone is 2. The van der Waals surface area contributed by atoms with Gasteiger partial charge in [0, 0.05) is 23.4 Å². The first-order valence-corrected chi connectivity index (χ1v) is 10.3. The number of nitro groups is 1. The van der Waals surface area contributed by atoms with Crippen LogP contribution in [0.5, 0.6) is 0 Å². The second-order valence-electron chi connectivity index (χ2n) is 6.78. The standard InChI is InChI=1S/C19H18N4O4S/c24-23(25)19-12-15(28(26,27)22-14-6-2-1-3-7-14)9-10-17(19)20-21-18-11-13-5-4-8-16(13)18/h1-4,6-10,12-13,16,20,22H,5,11H2/b21-18-/t13-,16-/m0/s1. The van der Waals surface area contributed by atoms with Crippen molar-refractivity contribution in [2.45, 2.75) is 17.7 Å². The number of para-hydroxylation sites is 1. The quantitative estimate of drug-likeness (QED) is 0.437. The molecule has 0 radical (unpaired) electrons. The van der Waals surface area contributed by atoms with Gasteiger partial charge >= 0.3 is 0 Å². The second-order valence-corrected chi connectivity index (χ2v) is 8.46. The molecular formula is C19H18N4O4S. The number of rotatable bonds is 6. The maximum absolute atomic E-state index is 12.5. The van der Waals surface area contributed by atoms with E-state index in [0.717, 1.165) is 24.6 Å². The Kier molecular flexibility index (Phi) is 4.60. The number of anilines is 2. The number of nitrogens with one attached hydrogen (secondary N) is 2. The summed E-state index contributed by atoms with van der Waals surface area (Å²) >= 11 is 0. The van der Waals surface area contributed by atoms with E-state index in [1.807, 2.05) is 0 Å². The number of nitro benzene ring substituents is 1. The van der Waals surface area contributed by atoms with E-state index in [9.17, 15) is 18.5 Å².